The van der Waals surface area contributed by atoms with Crippen molar-refractivity contribution in [1.82, 2.24) is 14.9 Å². The maximum Gasteiger partial charge on any atom is 0.407 e. The van der Waals surface area contributed by atoms with Crippen LogP contribution in [0.5, 0.6) is 0 Å². The summed E-state index contributed by atoms with van der Waals surface area (Å²) in [7, 11) is 0. The molecule has 0 aliphatic carbocycles. The number of piperidine rings is 1. The Hall–Kier alpha value is -2.44. The van der Waals surface area contributed by atoms with Gasteiger partial charge in [-0.2, -0.15) is 0 Å². The molecule has 3 aromatic rings. The quantitative estimate of drug-likeness (QED) is 0.468. The van der Waals surface area contributed by atoms with Crippen LogP contribution in [-0.2, 0) is 11.3 Å². The van der Waals surface area contributed by atoms with E-state index in [1.807, 2.05) is 57.2 Å². The Morgan fingerprint density at radius 2 is 1.97 bits per heavy atom. The van der Waals surface area contributed by atoms with E-state index in [1.165, 1.54) is 0 Å². The molecule has 0 bridgehead atoms. The molecule has 2 heterocycles. The van der Waals surface area contributed by atoms with Crippen LogP contribution in [-0.4, -0.2) is 40.9 Å². The van der Waals surface area contributed by atoms with Crippen LogP contribution >= 0.6 is 23.2 Å². The summed E-state index contributed by atoms with van der Waals surface area (Å²) in [6, 6.07) is 13.9. The van der Waals surface area contributed by atoms with Crippen molar-refractivity contribution in [3.63, 3.8) is 0 Å². The summed E-state index contributed by atoms with van der Waals surface area (Å²) in [5.74, 6) is 1.26. The van der Waals surface area contributed by atoms with Crippen LogP contribution < -0.4 is 10.2 Å². The molecule has 1 aliphatic rings. The summed E-state index contributed by atoms with van der Waals surface area (Å²) in [6.07, 6.45) is 1.72. The number of halogens is 2. The summed E-state index contributed by atoms with van der Waals surface area (Å²) in [5.41, 5.74) is 2.60. The summed E-state index contributed by atoms with van der Waals surface area (Å²) in [5, 5.41) is 4.03. The zero-order valence-electron chi connectivity index (χ0n) is 19.3. The van der Waals surface area contributed by atoms with Crippen molar-refractivity contribution in [3.8, 4) is 0 Å². The average Bonchev–Trinajstić information content (AvgIpc) is 3.12. The molecule has 0 spiro atoms. The molecular formula is C25H30Cl2N4O2. The van der Waals surface area contributed by atoms with E-state index in [4.69, 9.17) is 32.9 Å². The molecule has 4 rings (SSSR count). The zero-order valence-corrected chi connectivity index (χ0v) is 20.8. The molecule has 33 heavy (non-hydrogen) atoms. The van der Waals surface area contributed by atoms with E-state index >= 15 is 0 Å². The number of imidazole rings is 1. The number of nitrogens with one attached hydrogen (secondary N) is 1. The Morgan fingerprint density at radius 1 is 1.18 bits per heavy atom. The van der Waals surface area contributed by atoms with Gasteiger partial charge in [0.1, 0.15) is 5.60 Å². The molecule has 176 valence electrons. The summed E-state index contributed by atoms with van der Waals surface area (Å²) in [6.45, 7) is 8.57. The van der Waals surface area contributed by atoms with Gasteiger partial charge in [-0.3, -0.25) is 0 Å². The molecule has 1 atom stereocenters. The lowest BCUT2D eigenvalue weighted by Gasteiger charge is -2.34. The molecule has 0 unspecified atom stereocenters. The second-order valence-corrected chi connectivity index (χ2v) is 10.4. The summed E-state index contributed by atoms with van der Waals surface area (Å²) in [4.78, 5) is 19.4. The van der Waals surface area contributed by atoms with Gasteiger partial charge in [0.05, 0.1) is 27.6 Å². The number of rotatable bonds is 5. The van der Waals surface area contributed by atoms with Crippen LogP contribution in [0.1, 0.15) is 39.2 Å². The Labute approximate surface area is 204 Å². The number of anilines is 1. The summed E-state index contributed by atoms with van der Waals surface area (Å²) < 4.78 is 7.62. The minimum Gasteiger partial charge on any atom is -0.444 e. The maximum atomic E-state index is 12.1. The van der Waals surface area contributed by atoms with Crippen LogP contribution in [0.3, 0.4) is 0 Å². The topological polar surface area (TPSA) is 59.4 Å². The van der Waals surface area contributed by atoms with Gasteiger partial charge in [-0.1, -0.05) is 41.4 Å². The van der Waals surface area contributed by atoms with Crippen LogP contribution in [0.15, 0.2) is 42.5 Å². The second-order valence-electron chi connectivity index (χ2n) is 9.57. The third-order valence-corrected chi connectivity index (χ3v) is 6.43. The number of nitrogens with zero attached hydrogens (tertiary/aromatic N) is 3. The van der Waals surface area contributed by atoms with Gasteiger partial charge in [0.25, 0.3) is 0 Å². The molecule has 6 nitrogen and oxygen atoms in total. The fourth-order valence-corrected chi connectivity index (χ4v) is 4.56. The molecule has 1 saturated heterocycles. The molecule has 0 saturated carbocycles. The first-order valence-electron chi connectivity index (χ1n) is 11.3. The van der Waals surface area contributed by atoms with Gasteiger partial charge in [0, 0.05) is 19.6 Å². The first-order valence-corrected chi connectivity index (χ1v) is 12.1. The normalized spacial score (nSPS) is 16.8. The van der Waals surface area contributed by atoms with Crippen molar-refractivity contribution in [2.75, 3.05) is 24.5 Å². The lowest BCUT2D eigenvalue weighted by molar-refractivity contribution is 0.0517. The number of carbonyl (C=O) groups excluding carboxylic acids is 1. The number of aromatic nitrogens is 2. The standard InChI is InChI=1S/C25H30Cl2N4O2/c1-25(2,3)33-24(32)28-14-18-7-6-12-30(15-18)23-29-21-8-4-5-9-22(21)31(23)16-17-10-11-19(26)20(27)13-17/h4-5,8-11,13,18H,6-7,12,14-16H2,1-3H3,(H,28,32)/t18-/m0/s1. The molecule has 0 radical (unpaired) electrons. The highest BCUT2D eigenvalue weighted by Crippen LogP contribution is 2.29. The van der Waals surface area contributed by atoms with Gasteiger partial charge >= 0.3 is 6.09 Å². The lowest BCUT2D eigenvalue weighted by atomic mass is 9.98. The Bertz CT molecular complexity index is 1140. The molecular weight excluding hydrogens is 459 g/mol. The average molecular weight is 489 g/mol. The molecule has 1 fully saturated rings. The zero-order chi connectivity index (χ0) is 23.6. The first kappa shape index (κ1) is 23.7. The highest BCUT2D eigenvalue weighted by atomic mass is 35.5. The van der Waals surface area contributed by atoms with Crippen LogP contribution in [0.25, 0.3) is 11.0 Å². The predicted molar refractivity (Wildman–Crippen MR) is 134 cm³/mol. The third kappa shape index (κ3) is 5.92. The minimum absolute atomic E-state index is 0.324. The van der Waals surface area contributed by atoms with Crippen molar-refractivity contribution in [3.05, 3.63) is 58.1 Å². The smallest absolute Gasteiger partial charge is 0.407 e. The highest BCUT2D eigenvalue weighted by molar-refractivity contribution is 6.42. The lowest BCUT2D eigenvalue weighted by Crippen LogP contribution is -2.43. The van der Waals surface area contributed by atoms with E-state index in [0.29, 0.717) is 29.1 Å². The van der Waals surface area contributed by atoms with Gasteiger partial charge in [0.15, 0.2) is 0 Å². The molecule has 1 aliphatic heterocycles. The number of alkyl carbamates (subject to hydrolysis) is 1. The van der Waals surface area contributed by atoms with Gasteiger partial charge in [-0.25, -0.2) is 9.78 Å². The number of carbonyl (C=O) groups is 1. The third-order valence-electron chi connectivity index (χ3n) is 5.69. The fourth-order valence-electron chi connectivity index (χ4n) is 4.24. The Kier molecular flexibility index (Phi) is 7.05. The SMILES string of the molecule is CC(C)(C)OC(=O)NC[C@@H]1CCCN(c2nc3ccccc3n2Cc2ccc(Cl)c(Cl)c2)C1. The van der Waals surface area contributed by atoms with E-state index in [1.54, 1.807) is 0 Å². The predicted octanol–water partition coefficient (Wildman–Crippen LogP) is 6.13. The van der Waals surface area contributed by atoms with Crippen molar-refractivity contribution in [2.24, 2.45) is 5.92 Å². The first-order chi connectivity index (χ1) is 15.7. The van der Waals surface area contributed by atoms with Gasteiger partial charge in [-0.05, 0) is 69.4 Å². The Balaban J connectivity index is 1.54. The second kappa shape index (κ2) is 9.82. The largest absolute Gasteiger partial charge is 0.444 e. The van der Waals surface area contributed by atoms with E-state index < -0.39 is 5.60 Å². The molecule has 1 N–H and O–H groups in total. The minimum atomic E-state index is -0.502. The van der Waals surface area contributed by atoms with Crippen molar-refractivity contribution in [2.45, 2.75) is 45.8 Å². The number of benzene rings is 2. The van der Waals surface area contributed by atoms with E-state index in [9.17, 15) is 4.79 Å². The number of hydrogen-bond donors (Lipinski definition) is 1. The molecule has 1 amide bonds. The number of fused-ring (bicyclic) bond motifs is 1. The van der Waals surface area contributed by atoms with Gasteiger partial charge in [0.2, 0.25) is 5.95 Å². The van der Waals surface area contributed by atoms with Crippen molar-refractivity contribution >= 4 is 46.3 Å². The van der Waals surface area contributed by atoms with Crippen LogP contribution in [0.4, 0.5) is 10.7 Å². The molecule has 1 aromatic heterocycles. The van der Waals surface area contributed by atoms with Crippen molar-refractivity contribution < 1.29 is 9.53 Å². The maximum absolute atomic E-state index is 12.1. The molecule has 8 heteroatoms. The number of amides is 1. The van der Waals surface area contributed by atoms with Crippen molar-refractivity contribution in [1.29, 1.82) is 0 Å². The molecule has 2 aromatic carbocycles. The summed E-state index contributed by atoms with van der Waals surface area (Å²) >= 11 is 12.4. The van der Waals surface area contributed by atoms with Gasteiger partial charge < -0.3 is 19.5 Å². The van der Waals surface area contributed by atoms with E-state index in [-0.39, 0.29) is 6.09 Å². The number of para-hydroxylation sites is 2. The fraction of sp³-hybridized carbons (Fsp3) is 0.440. The number of ether oxygens (including phenoxy) is 1. The highest BCUT2D eigenvalue weighted by Gasteiger charge is 2.26. The van der Waals surface area contributed by atoms with Crippen LogP contribution in [0, 0.1) is 5.92 Å². The van der Waals surface area contributed by atoms with E-state index in [2.05, 4.69) is 20.9 Å². The number of hydrogen-bond acceptors (Lipinski definition) is 4. The van der Waals surface area contributed by atoms with Crippen LogP contribution in [0.2, 0.25) is 10.0 Å². The monoisotopic (exact) mass is 488 g/mol. The van der Waals surface area contributed by atoms with Gasteiger partial charge in [-0.15, -0.1) is 0 Å². The Morgan fingerprint density at radius 3 is 2.73 bits per heavy atom. The van der Waals surface area contributed by atoms with E-state index in [0.717, 1.165) is 48.5 Å².